The molecule has 2 N–H and O–H groups in total. The summed E-state index contributed by atoms with van der Waals surface area (Å²) >= 11 is 0. The van der Waals surface area contributed by atoms with Crippen molar-refractivity contribution in [2.45, 2.75) is 26.8 Å². The number of hydrogen-bond acceptors (Lipinski definition) is 2. The molecule has 0 radical (unpaired) electrons. The van der Waals surface area contributed by atoms with Crippen molar-refractivity contribution >= 4 is 16.9 Å². The molecule has 0 atom stereocenters. The molecular weight excluding hydrogens is 214 g/mol. The molecule has 2 rings (SSSR count). The predicted octanol–water partition coefficient (Wildman–Crippen LogP) is 2.18. The van der Waals surface area contributed by atoms with E-state index in [1.165, 1.54) is 0 Å². The van der Waals surface area contributed by atoms with Gasteiger partial charge in [-0.1, -0.05) is 13.8 Å². The van der Waals surface area contributed by atoms with Gasteiger partial charge in [-0.15, -0.1) is 0 Å². The van der Waals surface area contributed by atoms with Gasteiger partial charge in [-0.2, -0.15) is 0 Å². The number of hydrogen-bond donors (Lipinski definition) is 1. The summed E-state index contributed by atoms with van der Waals surface area (Å²) in [4.78, 5) is 15.3. The number of nitrogens with two attached hydrogens (primary N) is 1. The average Bonchev–Trinajstić information content (AvgIpc) is 2.68. The number of carbonyl (C=O) groups excluding carboxylic acids is 1. The Morgan fingerprint density at radius 1 is 1.47 bits per heavy atom. The normalized spacial score (nSPS) is 11.2. The van der Waals surface area contributed by atoms with Crippen LogP contribution < -0.4 is 5.73 Å². The molecule has 2 aromatic rings. The number of primary amides is 1. The zero-order valence-electron chi connectivity index (χ0n) is 10.2. The maximum absolute atomic E-state index is 11.1. The zero-order valence-corrected chi connectivity index (χ0v) is 10.2. The van der Waals surface area contributed by atoms with Crippen LogP contribution in [0.5, 0.6) is 0 Å². The van der Waals surface area contributed by atoms with Crippen LogP contribution in [0.25, 0.3) is 11.0 Å². The van der Waals surface area contributed by atoms with E-state index >= 15 is 0 Å². The van der Waals surface area contributed by atoms with E-state index in [1.807, 2.05) is 12.4 Å². The summed E-state index contributed by atoms with van der Waals surface area (Å²) < 4.78 is 2.11. The van der Waals surface area contributed by atoms with E-state index < -0.39 is 5.91 Å². The number of imidazole rings is 1. The molecule has 0 saturated carbocycles. The fraction of sp³-hybridized carbons (Fsp3) is 0.385. The monoisotopic (exact) mass is 231 g/mol. The Kier molecular flexibility index (Phi) is 3.13. The van der Waals surface area contributed by atoms with Crippen molar-refractivity contribution in [2.75, 3.05) is 0 Å². The summed E-state index contributed by atoms with van der Waals surface area (Å²) in [7, 11) is 0. The Morgan fingerprint density at radius 2 is 2.24 bits per heavy atom. The van der Waals surface area contributed by atoms with Gasteiger partial charge in [0.2, 0.25) is 5.91 Å². The van der Waals surface area contributed by atoms with Crippen LogP contribution >= 0.6 is 0 Å². The SMILES string of the molecule is CC(C)CCn1cnc2cc(C(N)=O)ccc21. The highest BCUT2D eigenvalue weighted by molar-refractivity contribution is 5.96. The summed E-state index contributed by atoms with van der Waals surface area (Å²) in [5.74, 6) is 0.251. The number of nitrogens with zero attached hydrogens (tertiary/aromatic N) is 2. The van der Waals surface area contributed by atoms with Crippen molar-refractivity contribution in [2.24, 2.45) is 11.7 Å². The van der Waals surface area contributed by atoms with Gasteiger partial charge in [0.15, 0.2) is 0 Å². The molecule has 0 spiro atoms. The number of benzene rings is 1. The molecule has 0 aliphatic heterocycles. The van der Waals surface area contributed by atoms with Crippen LogP contribution in [0.2, 0.25) is 0 Å². The third kappa shape index (κ3) is 2.46. The quantitative estimate of drug-likeness (QED) is 0.876. The molecule has 0 bridgehead atoms. The lowest BCUT2D eigenvalue weighted by Gasteiger charge is -2.06. The Labute approximate surface area is 100 Å². The van der Waals surface area contributed by atoms with Crippen molar-refractivity contribution < 1.29 is 4.79 Å². The number of aromatic nitrogens is 2. The van der Waals surface area contributed by atoms with E-state index in [1.54, 1.807) is 12.1 Å². The minimum Gasteiger partial charge on any atom is -0.366 e. The summed E-state index contributed by atoms with van der Waals surface area (Å²) in [5.41, 5.74) is 7.62. The highest BCUT2D eigenvalue weighted by Crippen LogP contribution is 2.16. The summed E-state index contributed by atoms with van der Waals surface area (Å²) in [6.45, 7) is 5.35. The molecule has 1 aromatic heterocycles. The van der Waals surface area contributed by atoms with E-state index in [9.17, 15) is 4.79 Å². The largest absolute Gasteiger partial charge is 0.366 e. The predicted molar refractivity (Wildman–Crippen MR) is 67.7 cm³/mol. The zero-order chi connectivity index (χ0) is 12.4. The van der Waals surface area contributed by atoms with E-state index in [0.29, 0.717) is 11.5 Å². The van der Waals surface area contributed by atoms with Crippen LogP contribution in [0.3, 0.4) is 0 Å². The number of carbonyl (C=O) groups is 1. The standard InChI is InChI=1S/C13H17N3O/c1-9(2)5-6-16-8-15-11-7-10(13(14)17)3-4-12(11)16/h3-4,7-9H,5-6H2,1-2H3,(H2,14,17). The Hall–Kier alpha value is -1.84. The van der Waals surface area contributed by atoms with Crippen LogP contribution in [0, 0.1) is 5.92 Å². The topological polar surface area (TPSA) is 60.9 Å². The number of rotatable bonds is 4. The van der Waals surface area contributed by atoms with Crippen molar-refractivity contribution in [3.05, 3.63) is 30.1 Å². The lowest BCUT2D eigenvalue weighted by atomic mass is 10.1. The second-order valence-corrected chi connectivity index (χ2v) is 4.69. The molecular formula is C13H17N3O. The van der Waals surface area contributed by atoms with Crippen LogP contribution in [-0.2, 0) is 6.54 Å². The van der Waals surface area contributed by atoms with Gasteiger partial charge in [0.25, 0.3) is 0 Å². The van der Waals surface area contributed by atoms with E-state index in [-0.39, 0.29) is 0 Å². The van der Waals surface area contributed by atoms with Crippen molar-refractivity contribution in [1.82, 2.24) is 9.55 Å². The number of fused-ring (bicyclic) bond motifs is 1. The lowest BCUT2D eigenvalue weighted by molar-refractivity contribution is 0.100. The number of aryl methyl sites for hydroxylation is 1. The van der Waals surface area contributed by atoms with E-state index in [4.69, 9.17) is 5.73 Å². The van der Waals surface area contributed by atoms with Gasteiger partial charge in [-0.25, -0.2) is 4.98 Å². The first-order valence-electron chi connectivity index (χ1n) is 5.82. The molecule has 90 valence electrons. The third-order valence-corrected chi connectivity index (χ3v) is 2.85. The first kappa shape index (κ1) is 11.6. The molecule has 4 nitrogen and oxygen atoms in total. The molecule has 0 saturated heterocycles. The minimum atomic E-state index is -0.413. The van der Waals surface area contributed by atoms with Crippen LogP contribution in [0.1, 0.15) is 30.6 Å². The molecule has 4 heteroatoms. The van der Waals surface area contributed by atoms with Crippen molar-refractivity contribution in [1.29, 1.82) is 0 Å². The maximum atomic E-state index is 11.1. The third-order valence-electron chi connectivity index (χ3n) is 2.85. The summed E-state index contributed by atoms with van der Waals surface area (Å²) in [6.07, 6.45) is 2.93. The van der Waals surface area contributed by atoms with Gasteiger partial charge >= 0.3 is 0 Å². The Balaban J connectivity index is 2.31. The van der Waals surface area contributed by atoms with E-state index in [2.05, 4.69) is 23.4 Å². The highest BCUT2D eigenvalue weighted by atomic mass is 16.1. The average molecular weight is 231 g/mol. The first-order chi connectivity index (χ1) is 8.08. The minimum absolute atomic E-state index is 0.413. The second kappa shape index (κ2) is 4.57. The molecule has 0 aliphatic carbocycles. The smallest absolute Gasteiger partial charge is 0.248 e. The van der Waals surface area contributed by atoms with E-state index in [0.717, 1.165) is 24.0 Å². The van der Waals surface area contributed by atoms with Gasteiger partial charge in [0.1, 0.15) is 0 Å². The van der Waals surface area contributed by atoms with Gasteiger partial charge < -0.3 is 10.3 Å². The molecule has 0 aliphatic rings. The molecule has 1 heterocycles. The van der Waals surface area contributed by atoms with Gasteiger partial charge in [0, 0.05) is 12.1 Å². The van der Waals surface area contributed by atoms with Gasteiger partial charge in [0.05, 0.1) is 17.4 Å². The van der Waals surface area contributed by atoms with Gasteiger partial charge in [-0.3, -0.25) is 4.79 Å². The Morgan fingerprint density at radius 3 is 2.88 bits per heavy atom. The fourth-order valence-corrected chi connectivity index (χ4v) is 1.79. The van der Waals surface area contributed by atoms with Crippen LogP contribution in [-0.4, -0.2) is 15.5 Å². The second-order valence-electron chi connectivity index (χ2n) is 4.69. The highest BCUT2D eigenvalue weighted by Gasteiger charge is 2.06. The molecule has 0 fully saturated rings. The van der Waals surface area contributed by atoms with Crippen LogP contribution in [0.4, 0.5) is 0 Å². The summed E-state index contributed by atoms with van der Waals surface area (Å²) in [5, 5.41) is 0. The van der Waals surface area contributed by atoms with Crippen LogP contribution in [0.15, 0.2) is 24.5 Å². The first-order valence-corrected chi connectivity index (χ1v) is 5.82. The maximum Gasteiger partial charge on any atom is 0.248 e. The van der Waals surface area contributed by atoms with Gasteiger partial charge in [-0.05, 0) is 30.5 Å². The lowest BCUT2D eigenvalue weighted by Crippen LogP contribution is -2.10. The molecule has 1 aromatic carbocycles. The number of amides is 1. The molecule has 0 unspecified atom stereocenters. The molecule has 17 heavy (non-hydrogen) atoms. The van der Waals surface area contributed by atoms with Crippen molar-refractivity contribution in [3.8, 4) is 0 Å². The summed E-state index contributed by atoms with van der Waals surface area (Å²) in [6, 6.07) is 5.39. The Bertz CT molecular complexity index is 543. The fourth-order valence-electron chi connectivity index (χ4n) is 1.79. The van der Waals surface area contributed by atoms with Crippen molar-refractivity contribution in [3.63, 3.8) is 0 Å². The molecule has 1 amide bonds.